The Morgan fingerprint density at radius 2 is 2.24 bits per heavy atom. The number of nitro groups is 1. The first kappa shape index (κ1) is 17.7. The molecule has 1 aromatic rings. The number of rotatable bonds is 8. The van der Waals surface area contributed by atoms with E-state index in [4.69, 9.17) is 11.6 Å². The van der Waals surface area contributed by atoms with Gasteiger partial charge in [-0.1, -0.05) is 6.92 Å². The molecule has 0 aromatic carbocycles. The standard InChI is InChI=1S/C14H22ClN3O3/c1-4-13(18(20)21)12(15)8-11-7-10(5-6-16-11)17-9-14(2,3)19/h5-7,12-13,19H,4,8-9H2,1-3H3,(H,16,17). The van der Waals surface area contributed by atoms with Crippen LogP contribution in [0.3, 0.4) is 0 Å². The fourth-order valence-electron chi connectivity index (χ4n) is 1.89. The van der Waals surface area contributed by atoms with Crippen LogP contribution >= 0.6 is 11.6 Å². The van der Waals surface area contributed by atoms with Crippen LogP contribution in [-0.2, 0) is 6.42 Å². The van der Waals surface area contributed by atoms with Gasteiger partial charge < -0.3 is 10.4 Å². The lowest BCUT2D eigenvalue weighted by Gasteiger charge is -2.19. The van der Waals surface area contributed by atoms with E-state index in [-0.39, 0.29) is 4.92 Å². The summed E-state index contributed by atoms with van der Waals surface area (Å²) in [5.74, 6) is 0. The second-order valence-electron chi connectivity index (χ2n) is 5.68. The molecule has 0 bridgehead atoms. The lowest BCUT2D eigenvalue weighted by Crippen LogP contribution is -2.31. The van der Waals surface area contributed by atoms with Crippen LogP contribution in [0.4, 0.5) is 5.69 Å². The minimum Gasteiger partial charge on any atom is -0.389 e. The zero-order chi connectivity index (χ0) is 16.0. The molecule has 0 saturated carbocycles. The molecular formula is C14H22ClN3O3. The number of aliphatic hydroxyl groups is 1. The summed E-state index contributed by atoms with van der Waals surface area (Å²) in [5.41, 5.74) is 0.674. The number of nitrogens with zero attached hydrogens (tertiary/aromatic N) is 2. The highest BCUT2D eigenvalue weighted by Gasteiger charge is 2.28. The van der Waals surface area contributed by atoms with E-state index >= 15 is 0 Å². The monoisotopic (exact) mass is 315 g/mol. The fraction of sp³-hybridized carbons (Fsp3) is 0.643. The molecule has 6 nitrogen and oxygen atoms in total. The molecule has 0 aliphatic carbocycles. The van der Waals surface area contributed by atoms with Crippen molar-refractivity contribution in [3.63, 3.8) is 0 Å². The van der Waals surface area contributed by atoms with Crippen molar-refractivity contribution in [1.82, 2.24) is 4.98 Å². The van der Waals surface area contributed by atoms with Gasteiger partial charge in [0.1, 0.15) is 5.38 Å². The number of hydrogen-bond acceptors (Lipinski definition) is 5. The van der Waals surface area contributed by atoms with Gasteiger partial charge in [-0.25, -0.2) is 0 Å². The molecule has 1 heterocycles. The maximum absolute atomic E-state index is 10.9. The Morgan fingerprint density at radius 1 is 1.57 bits per heavy atom. The number of hydrogen-bond donors (Lipinski definition) is 2. The summed E-state index contributed by atoms with van der Waals surface area (Å²) >= 11 is 6.14. The first-order valence-electron chi connectivity index (χ1n) is 6.91. The van der Waals surface area contributed by atoms with E-state index in [9.17, 15) is 15.2 Å². The van der Waals surface area contributed by atoms with E-state index in [2.05, 4.69) is 10.3 Å². The predicted octanol–water partition coefficient (Wildman–Crippen LogP) is 2.47. The number of aromatic nitrogens is 1. The van der Waals surface area contributed by atoms with Gasteiger partial charge in [-0.15, -0.1) is 11.6 Å². The van der Waals surface area contributed by atoms with E-state index in [0.29, 0.717) is 25.1 Å². The van der Waals surface area contributed by atoms with Gasteiger partial charge in [0.2, 0.25) is 6.04 Å². The molecular weight excluding hydrogens is 294 g/mol. The van der Waals surface area contributed by atoms with Gasteiger partial charge in [0.15, 0.2) is 0 Å². The maximum atomic E-state index is 10.9. The summed E-state index contributed by atoms with van der Waals surface area (Å²) < 4.78 is 0. The van der Waals surface area contributed by atoms with Crippen molar-refractivity contribution >= 4 is 17.3 Å². The molecule has 2 atom stereocenters. The van der Waals surface area contributed by atoms with Crippen LogP contribution in [0, 0.1) is 10.1 Å². The number of pyridine rings is 1. The highest BCUT2D eigenvalue weighted by atomic mass is 35.5. The van der Waals surface area contributed by atoms with E-state index in [1.165, 1.54) is 0 Å². The largest absolute Gasteiger partial charge is 0.389 e. The average molecular weight is 316 g/mol. The van der Waals surface area contributed by atoms with Crippen LogP contribution in [-0.4, -0.2) is 38.6 Å². The summed E-state index contributed by atoms with van der Waals surface area (Å²) in [5, 5.41) is 23.1. The summed E-state index contributed by atoms with van der Waals surface area (Å²) in [7, 11) is 0. The van der Waals surface area contributed by atoms with Crippen LogP contribution in [0.15, 0.2) is 18.3 Å². The Balaban J connectivity index is 2.70. The SMILES string of the molecule is CCC(C(Cl)Cc1cc(NCC(C)(C)O)ccn1)[N+](=O)[O-]. The van der Waals surface area contributed by atoms with Crippen LogP contribution < -0.4 is 5.32 Å². The average Bonchev–Trinajstić information content (AvgIpc) is 2.36. The summed E-state index contributed by atoms with van der Waals surface area (Å²) in [6, 6.07) is 2.80. The van der Waals surface area contributed by atoms with Crippen molar-refractivity contribution in [2.24, 2.45) is 0 Å². The summed E-state index contributed by atoms with van der Waals surface area (Å²) in [4.78, 5) is 14.8. The number of nitrogens with one attached hydrogen (secondary N) is 1. The second kappa shape index (κ2) is 7.56. The molecule has 0 spiro atoms. The van der Waals surface area contributed by atoms with Gasteiger partial charge in [-0.3, -0.25) is 15.1 Å². The van der Waals surface area contributed by atoms with Gasteiger partial charge in [0.25, 0.3) is 0 Å². The Labute approximate surface area is 129 Å². The number of halogens is 1. The van der Waals surface area contributed by atoms with Crippen molar-refractivity contribution in [2.75, 3.05) is 11.9 Å². The Hall–Kier alpha value is -1.40. The molecule has 0 amide bonds. The van der Waals surface area contributed by atoms with Crippen LogP contribution in [0.5, 0.6) is 0 Å². The van der Waals surface area contributed by atoms with Crippen LogP contribution in [0.1, 0.15) is 32.9 Å². The lowest BCUT2D eigenvalue weighted by molar-refractivity contribution is -0.522. The molecule has 7 heteroatoms. The minimum atomic E-state index is -0.822. The molecule has 1 rings (SSSR count). The first-order chi connectivity index (χ1) is 9.73. The maximum Gasteiger partial charge on any atom is 0.229 e. The first-order valence-corrected chi connectivity index (χ1v) is 7.35. The van der Waals surface area contributed by atoms with Crippen LogP contribution in [0.25, 0.3) is 0 Å². The second-order valence-corrected chi connectivity index (χ2v) is 6.24. The smallest absolute Gasteiger partial charge is 0.229 e. The van der Waals surface area contributed by atoms with Crippen molar-refractivity contribution < 1.29 is 10.0 Å². The van der Waals surface area contributed by atoms with Crippen LogP contribution in [0.2, 0.25) is 0 Å². The highest BCUT2D eigenvalue weighted by Crippen LogP contribution is 2.17. The normalized spacial score (nSPS) is 14.5. The van der Waals surface area contributed by atoms with Gasteiger partial charge in [-0.2, -0.15) is 0 Å². The minimum absolute atomic E-state index is 0.332. The number of alkyl halides is 1. The third-order valence-corrected chi connectivity index (χ3v) is 3.50. The molecule has 2 N–H and O–H groups in total. The van der Waals surface area contributed by atoms with E-state index in [1.54, 1.807) is 39.1 Å². The molecule has 0 aliphatic heterocycles. The summed E-state index contributed by atoms with van der Waals surface area (Å²) in [6.45, 7) is 5.56. The van der Waals surface area contributed by atoms with Gasteiger partial charge in [-0.05, 0) is 26.0 Å². The van der Waals surface area contributed by atoms with Crippen molar-refractivity contribution in [1.29, 1.82) is 0 Å². The molecule has 0 fully saturated rings. The summed E-state index contributed by atoms with van der Waals surface area (Å²) in [6.07, 6.45) is 2.34. The van der Waals surface area contributed by atoms with Crippen molar-refractivity contribution in [3.8, 4) is 0 Å². The van der Waals surface area contributed by atoms with Gasteiger partial charge >= 0.3 is 0 Å². The van der Waals surface area contributed by atoms with E-state index in [1.807, 2.05) is 0 Å². The van der Waals surface area contributed by atoms with Gasteiger partial charge in [0, 0.05) is 41.9 Å². The topological polar surface area (TPSA) is 88.3 Å². The molecule has 0 aliphatic rings. The lowest BCUT2D eigenvalue weighted by atomic mass is 10.1. The molecule has 21 heavy (non-hydrogen) atoms. The quantitative estimate of drug-likeness (QED) is 0.437. The molecule has 2 unspecified atom stereocenters. The third kappa shape index (κ3) is 6.27. The van der Waals surface area contributed by atoms with Crippen molar-refractivity contribution in [3.05, 3.63) is 34.1 Å². The van der Waals surface area contributed by atoms with E-state index < -0.39 is 17.0 Å². The third-order valence-electron chi connectivity index (χ3n) is 3.05. The Morgan fingerprint density at radius 3 is 2.76 bits per heavy atom. The Bertz CT molecular complexity index is 477. The van der Waals surface area contributed by atoms with Crippen molar-refractivity contribution in [2.45, 2.75) is 50.6 Å². The predicted molar refractivity (Wildman–Crippen MR) is 83.4 cm³/mol. The fourth-order valence-corrected chi connectivity index (χ4v) is 2.32. The zero-order valence-corrected chi connectivity index (χ0v) is 13.3. The zero-order valence-electron chi connectivity index (χ0n) is 12.5. The highest BCUT2D eigenvalue weighted by molar-refractivity contribution is 6.21. The molecule has 118 valence electrons. The molecule has 0 radical (unpaired) electrons. The molecule has 0 saturated heterocycles. The van der Waals surface area contributed by atoms with E-state index in [0.717, 1.165) is 5.69 Å². The molecule has 1 aromatic heterocycles. The Kier molecular flexibility index (Phi) is 6.36. The number of anilines is 1. The van der Waals surface area contributed by atoms with Gasteiger partial charge in [0.05, 0.1) is 5.60 Å².